The maximum Gasteiger partial charge on any atom is 0.331 e. The van der Waals surface area contributed by atoms with Crippen molar-refractivity contribution < 1.29 is 24.3 Å². The van der Waals surface area contributed by atoms with Crippen molar-refractivity contribution in [2.45, 2.75) is 5.72 Å². The number of hydroxylamine groups is 2. The first kappa shape index (κ1) is 47.1. The van der Waals surface area contributed by atoms with Gasteiger partial charge < -0.3 is 10.4 Å². The minimum atomic E-state index is -1.48. The standard InChI is InChI=1S/C23H16Br2N2O2S.C17H17Br2N3O3.C8H6S/c24-16-5-9-18(10-6-16)26-14-23(29,21-13-15-3-1-2-4-20(15)30-21)27(22(26)28)19-11-7-17(25)8-12-19;1-21(25-2)16(23)11-22(15-9-5-13(19)6-10-15)17(24)20-14-7-3-12(18)4-8-14;1-2-4-8-7(3-1)5-6-9-8/h1-13,29H,14H2;3-10H,11H2,1-2H3,(H,20,24);1-6H. The Hall–Kier alpha value is -4.91. The van der Waals surface area contributed by atoms with E-state index in [4.69, 9.17) is 4.84 Å². The number of amides is 5. The highest BCUT2D eigenvalue weighted by atomic mass is 79.9. The summed E-state index contributed by atoms with van der Waals surface area (Å²) in [6, 6.07) is 49.1. The van der Waals surface area contributed by atoms with Crippen LogP contribution in [0.25, 0.3) is 20.2 Å². The molecule has 1 aliphatic heterocycles. The Kier molecular flexibility index (Phi) is 15.7. The number of rotatable bonds is 8. The molecule has 5 amide bonds. The molecule has 1 aliphatic rings. The molecule has 1 atom stereocenters. The SMILES string of the molecule is CON(C)C(=O)CN(C(=O)Nc1ccc(Br)cc1)c1ccc(Br)cc1.O=C1N(c2ccc(Br)cc2)CC(O)(c2cc3ccccc3s2)N1c1ccc(Br)cc1.c1ccc2sccc2c1. The van der Waals surface area contributed by atoms with Crippen molar-refractivity contribution in [2.24, 2.45) is 0 Å². The van der Waals surface area contributed by atoms with Gasteiger partial charge in [-0.05, 0) is 137 Å². The molecule has 1 unspecified atom stereocenters. The summed E-state index contributed by atoms with van der Waals surface area (Å²) in [5.74, 6) is -0.351. The summed E-state index contributed by atoms with van der Waals surface area (Å²) in [6.07, 6.45) is 0. The van der Waals surface area contributed by atoms with Crippen LogP contribution in [0.1, 0.15) is 4.88 Å². The summed E-state index contributed by atoms with van der Waals surface area (Å²) in [5.41, 5.74) is 1.12. The van der Waals surface area contributed by atoms with Gasteiger partial charge in [0.15, 0.2) is 5.72 Å². The molecule has 0 bridgehead atoms. The molecule has 2 N–H and O–H groups in total. The van der Waals surface area contributed by atoms with Crippen molar-refractivity contribution in [3.8, 4) is 0 Å². The Bertz CT molecular complexity index is 2800. The smallest absolute Gasteiger partial charge is 0.331 e. The molecule has 0 aliphatic carbocycles. The zero-order valence-corrected chi connectivity index (χ0v) is 42.2. The normalized spacial score (nSPS) is 14.4. The van der Waals surface area contributed by atoms with E-state index < -0.39 is 11.8 Å². The average Bonchev–Trinajstić information content (AvgIpc) is 4.04. The predicted octanol–water partition coefficient (Wildman–Crippen LogP) is 13.9. The Morgan fingerprint density at radius 1 is 0.719 bits per heavy atom. The van der Waals surface area contributed by atoms with Gasteiger partial charge in [-0.3, -0.25) is 24.3 Å². The quantitative estimate of drug-likeness (QED) is 0.147. The lowest BCUT2D eigenvalue weighted by Gasteiger charge is -2.31. The molecule has 326 valence electrons. The van der Waals surface area contributed by atoms with Gasteiger partial charge in [0.05, 0.1) is 18.5 Å². The van der Waals surface area contributed by atoms with E-state index in [-0.39, 0.29) is 25.0 Å². The third kappa shape index (κ3) is 11.3. The number of hydrogen-bond donors (Lipinski definition) is 2. The molecule has 0 spiro atoms. The minimum Gasteiger partial charge on any atom is -0.364 e. The average molecular weight is 1150 g/mol. The fourth-order valence-corrected chi connectivity index (χ4v) is 9.59. The molecule has 9 rings (SSSR count). The lowest BCUT2D eigenvalue weighted by atomic mass is 10.1. The number of likely N-dealkylation sites (N-methyl/N-ethyl adjacent to an activating group) is 1. The van der Waals surface area contributed by atoms with E-state index in [0.29, 0.717) is 17.1 Å². The number of thiophene rings is 2. The molecule has 10 nitrogen and oxygen atoms in total. The van der Waals surface area contributed by atoms with E-state index in [1.807, 2.05) is 91.0 Å². The number of benzene rings is 6. The van der Waals surface area contributed by atoms with Crippen LogP contribution < -0.4 is 20.0 Å². The van der Waals surface area contributed by atoms with Crippen molar-refractivity contribution in [1.29, 1.82) is 0 Å². The van der Waals surface area contributed by atoms with Crippen molar-refractivity contribution >= 4 is 147 Å². The molecule has 1 saturated heterocycles. The number of urea groups is 2. The van der Waals surface area contributed by atoms with Crippen LogP contribution in [0.4, 0.5) is 32.3 Å². The number of halogens is 4. The van der Waals surface area contributed by atoms with Crippen molar-refractivity contribution in [3.05, 3.63) is 186 Å². The molecule has 1 fully saturated rings. The summed E-state index contributed by atoms with van der Waals surface area (Å²) in [4.78, 5) is 48.5. The van der Waals surface area contributed by atoms with Crippen LogP contribution in [0, 0.1) is 0 Å². The van der Waals surface area contributed by atoms with Crippen LogP contribution in [-0.2, 0) is 15.4 Å². The molecule has 16 heteroatoms. The van der Waals surface area contributed by atoms with Crippen LogP contribution >= 0.6 is 86.4 Å². The Morgan fingerprint density at radius 2 is 1.25 bits per heavy atom. The fourth-order valence-electron chi connectivity index (χ4n) is 6.61. The van der Waals surface area contributed by atoms with Crippen LogP contribution in [0.3, 0.4) is 0 Å². The van der Waals surface area contributed by atoms with Gasteiger partial charge in [0.2, 0.25) is 0 Å². The zero-order chi connectivity index (χ0) is 45.4. The summed E-state index contributed by atoms with van der Waals surface area (Å²) < 4.78 is 6.08. The molecule has 8 aromatic rings. The number of aliphatic hydroxyl groups is 1. The van der Waals surface area contributed by atoms with Crippen LogP contribution in [-0.4, -0.2) is 55.4 Å². The van der Waals surface area contributed by atoms with E-state index >= 15 is 0 Å². The Morgan fingerprint density at radius 3 is 1.83 bits per heavy atom. The van der Waals surface area contributed by atoms with E-state index in [2.05, 4.69) is 105 Å². The molecule has 3 heterocycles. The second-order valence-electron chi connectivity index (χ2n) is 14.2. The summed E-state index contributed by atoms with van der Waals surface area (Å²) in [6.45, 7) is -0.0231. The van der Waals surface area contributed by atoms with Crippen LogP contribution in [0.2, 0.25) is 0 Å². The molecule has 0 radical (unpaired) electrons. The van der Waals surface area contributed by atoms with Crippen LogP contribution in [0.5, 0.6) is 0 Å². The second kappa shape index (κ2) is 21.4. The monoisotopic (exact) mass is 1140 g/mol. The first-order chi connectivity index (χ1) is 30.8. The minimum absolute atomic E-state index is 0.135. The third-order valence-electron chi connectivity index (χ3n) is 9.97. The number of nitrogens with one attached hydrogen (secondary N) is 1. The highest BCUT2D eigenvalue weighted by Crippen LogP contribution is 2.44. The molecule has 6 aromatic carbocycles. The molecule has 2 aromatic heterocycles. The number of fused-ring (bicyclic) bond motifs is 2. The van der Waals surface area contributed by atoms with Crippen molar-refractivity contribution in [2.75, 3.05) is 47.3 Å². The van der Waals surface area contributed by atoms with Crippen molar-refractivity contribution in [3.63, 3.8) is 0 Å². The second-order valence-corrected chi connectivity index (χ2v) is 19.8. The lowest BCUT2D eigenvalue weighted by Crippen LogP contribution is -2.44. The third-order valence-corrected chi connectivity index (χ3v) is 14.2. The molecular formula is C48H39Br4N5O5S2. The first-order valence-corrected chi connectivity index (χ1v) is 24.4. The zero-order valence-electron chi connectivity index (χ0n) is 34.2. The highest BCUT2D eigenvalue weighted by Gasteiger charge is 2.52. The Balaban J connectivity index is 0.000000162. The van der Waals surface area contributed by atoms with Gasteiger partial charge >= 0.3 is 12.1 Å². The van der Waals surface area contributed by atoms with Gasteiger partial charge in [-0.15, -0.1) is 22.7 Å². The van der Waals surface area contributed by atoms with Crippen LogP contribution in [0.15, 0.2) is 181 Å². The van der Waals surface area contributed by atoms with Gasteiger partial charge in [-0.25, -0.2) is 14.7 Å². The molecular weight excluding hydrogens is 1110 g/mol. The van der Waals surface area contributed by atoms with Gasteiger partial charge in [0, 0.05) is 57.1 Å². The van der Waals surface area contributed by atoms with E-state index in [0.717, 1.165) is 43.6 Å². The number of β-amino-alcohol motifs (C(OH)–C–C–N with tert-alkyl or cyclic N) is 1. The summed E-state index contributed by atoms with van der Waals surface area (Å²) in [5, 5.41) is 20.3. The number of anilines is 4. The van der Waals surface area contributed by atoms with Gasteiger partial charge in [-0.1, -0.05) is 100 Å². The van der Waals surface area contributed by atoms with Crippen molar-refractivity contribution in [1.82, 2.24) is 5.06 Å². The maximum absolute atomic E-state index is 13.6. The van der Waals surface area contributed by atoms with Gasteiger partial charge in [0.1, 0.15) is 6.54 Å². The van der Waals surface area contributed by atoms with Gasteiger partial charge in [-0.2, -0.15) is 0 Å². The first-order valence-electron chi connectivity index (χ1n) is 19.5. The fraction of sp³-hybridized carbons (Fsp3) is 0.104. The molecule has 64 heavy (non-hydrogen) atoms. The number of nitrogens with zero attached hydrogens (tertiary/aromatic N) is 4. The summed E-state index contributed by atoms with van der Waals surface area (Å²) >= 11 is 16.9. The summed E-state index contributed by atoms with van der Waals surface area (Å²) in [7, 11) is 2.89. The number of carbonyl (C=O) groups excluding carboxylic acids is 3. The number of hydrogen-bond acceptors (Lipinski definition) is 7. The number of carbonyl (C=O) groups is 3. The predicted molar refractivity (Wildman–Crippen MR) is 275 cm³/mol. The highest BCUT2D eigenvalue weighted by molar-refractivity contribution is 9.11. The van der Waals surface area contributed by atoms with E-state index in [1.54, 1.807) is 52.6 Å². The molecule has 0 saturated carbocycles. The van der Waals surface area contributed by atoms with Gasteiger partial charge in [0.25, 0.3) is 5.91 Å². The maximum atomic E-state index is 13.6. The largest absolute Gasteiger partial charge is 0.364 e. The van der Waals surface area contributed by atoms with E-state index in [1.165, 1.54) is 45.4 Å². The topological polar surface area (TPSA) is 106 Å². The lowest BCUT2D eigenvalue weighted by molar-refractivity contribution is -0.166. The Labute approximate surface area is 412 Å². The van der Waals surface area contributed by atoms with E-state index in [9.17, 15) is 19.5 Å².